The molecule has 1 amide bonds. The standard InChI is InChI=1S/C18H23ClN2O3/c1-12-15(6-5-9-23-12)17(22)21-14-7-8-16(19)13(10-14)11-20-24-18(2,3)4/h7-8,10-11H,5-6,9H2,1-4H3,(H,21,22)/b20-11+. The summed E-state index contributed by atoms with van der Waals surface area (Å²) in [6.45, 7) is 8.20. The van der Waals surface area contributed by atoms with E-state index < -0.39 is 0 Å². The van der Waals surface area contributed by atoms with Gasteiger partial charge in [0.2, 0.25) is 0 Å². The lowest BCUT2D eigenvalue weighted by Crippen LogP contribution is -2.19. The van der Waals surface area contributed by atoms with Crippen molar-refractivity contribution in [1.29, 1.82) is 0 Å². The Labute approximate surface area is 147 Å². The van der Waals surface area contributed by atoms with Crippen molar-refractivity contribution in [1.82, 2.24) is 0 Å². The van der Waals surface area contributed by atoms with Crippen LogP contribution in [0.15, 0.2) is 34.7 Å². The third kappa shape index (κ3) is 5.27. The average Bonchev–Trinajstić information content (AvgIpc) is 2.49. The molecule has 0 saturated heterocycles. The Balaban J connectivity index is 2.12. The molecule has 0 atom stereocenters. The van der Waals surface area contributed by atoms with E-state index in [1.807, 2.05) is 27.7 Å². The maximum atomic E-state index is 12.4. The Morgan fingerprint density at radius 2 is 2.17 bits per heavy atom. The Kier molecular flexibility index (Phi) is 5.89. The Hall–Kier alpha value is -2.01. The molecule has 1 aromatic rings. The number of nitrogens with one attached hydrogen (secondary N) is 1. The molecule has 0 fully saturated rings. The van der Waals surface area contributed by atoms with Gasteiger partial charge in [0, 0.05) is 16.3 Å². The first kappa shape index (κ1) is 18.3. The zero-order valence-corrected chi connectivity index (χ0v) is 15.2. The first-order valence-electron chi connectivity index (χ1n) is 7.91. The number of amides is 1. The molecule has 1 N–H and O–H groups in total. The summed E-state index contributed by atoms with van der Waals surface area (Å²) in [6.07, 6.45) is 3.11. The molecule has 0 aromatic heterocycles. The van der Waals surface area contributed by atoms with Crippen molar-refractivity contribution in [2.45, 2.75) is 46.1 Å². The van der Waals surface area contributed by atoms with Gasteiger partial charge in [-0.05, 0) is 58.7 Å². The van der Waals surface area contributed by atoms with Crippen molar-refractivity contribution in [2.75, 3.05) is 11.9 Å². The molecular formula is C18H23ClN2O3. The van der Waals surface area contributed by atoms with Gasteiger partial charge in [-0.2, -0.15) is 0 Å². The summed E-state index contributed by atoms with van der Waals surface area (Å²) in [6, 6.07) is 5.23. The first-order chi connectivity index (χ1) is 11.3. The summed E-state index contributed by atoms with van der Waals surface area (Å²) in [7, 11) is 0. The van der Waals surface area contributed by atoms with E-state index in [4.69, 9.17) is 21.2 Å². The van der Waals surface area contributed by atoms with E-state index in [9.17, 15) is 4.79 Å². The molecular weight excluding hydrogens is 328 g/mol. The number of carbonyl (C=O) groups is 1. The zero-order chi connectivity index (χ0) is 17.7. The quantitative estimate of drug-likeness (QED) is 0.642. The number of halogens is 1. The number of ether oxygens (including phenoxy) is 1. The second kappa shape index (κ2) is 7.71. The fraction of sp³-hybridized carbons (Fsp3) is 0.444. The lowest BCUT2D eigenvalue weighted by molar-refractivity contribution is -0.113. The zero-order valence-electron chi connectivity index (χ0n) is 14.5. The Morgan fingerprint density at radius 1 is 1.42 bits per heavy atom. The van der Waals surface area contributed by atoms with E-state index in [-0.39, 0.29) is 11.5 Å². The van der Waals surface area contributed by atoms with Crippen LogP contribution in [0.25, 0.3) is 0 Å². The van der Waals surface area contributed by atoms with E-state index >= 15 is 0 Å². The largest absolute Gasteiger partial charge is 0.498 e. The number of carbonyl (C=O) groups excluding carboxylic acids is 1. The smallest absolute Gasteiger partial charge is 0.254 e. The second-order valence-electron chi connectivity index (χ2n) is 6.62. The predicted octanol–water partition coefficient (Wildman–Crippen LogP) is 4.51. The molecule has 1 aliphatic rings. The molecule has 130 valence electrons. The van der Waals surface area contributed by atoms with E-state index in [0.717, 1.165) is 12.8 Å². The maximum Gasteiger partial charge on any atom is 0.254 e. The van der Waals surface area contributed by atoms with Crippen LogP contribution in [0.3, 0.4) is 0 Å². The molecule has 1 heterocycles. The third-order valence-electron chi connectivity index (χ3n) is 3.36. The van der Waals surface area contributed by atoms with Gasteiger partial charge in [0.1, 0.15) is 11.4 Å². The van der Waals surface area contributed by atoms with Crippen LogP contribution in [-0.4, -0.2) is 24.3 Å². The van der Waals surface area contributed by atoms with Crippen molar-refractivity contribution in [2.24, 2.45) is 5.16 Å². The molecule has 24 heavy (non-hydrogen) atoms. The van der Waals surface area contributed by atoms with Crippen LogP contribution in [0.1, 0.15) is 46.1 Å². The molecule has 0 saturated carbocycles. The van der Waals surface area contributed by atoms with Gasteiger partial charge in [-0.1, -0.05) is 16.8 Å². The fourth-order valence-corrected chi connectivity index (χ4v) is 2.35. The van der Waals surface area contributed by atoms with E-state index in [1.165, 1.54) is 6.21 Å². The van der Waals surface area contributed by atoms with Gasteiger partial charge >= 0.3 is 0 Å². The summed E-state index contributed by atoms with van der Waals surface area (Å²) < 4.78 is 5.44. The molecule has 1 aliphatic heterocycles. The molecule has 2 rings (SSSR count). The number of nitrogens with zero attached hydrogens (tertiary/aromatic N) is 1. The van der Waals surface area contributed by atoms with E-state index in [0.29, 0.717) is 34.2 Å². The molecule has 5 nitrogen and oxygen atoms in total. The molecule has 1 aromatic carbocycles. The normalized spacial score (nSPS) is 15.4. The molecule has 0 bridgehead atoms. The average molecular weight is 351 g/mol. The summed E-state index contributed by atoms with van der Waals surface area (Å²) in [5.41, 5.74) is 1.62. The number of anilines is 1. The maximum absolute atomic E-state index is 12.4. The van der Waals surface area contributed by atoms with Crippen LogP contribution in [0, 0.1) is 0 Å². The van der Waals surface area contributed by atoms with Gasteiger partial charge < -0.3 is 14.9 Å². The highest BCUT2D eigenvalue weighted by molar-refractivity contribution is 6.33. The molecule has 0 unspecified atom stereocenters. The lowest BCUT2D eigenvalue weighted by atomic mass is 10.1. The second-order valence-corrected chi connectivity index (χ2v) is 7.02. The van der Waals surface area contributed by atoms with Crippen molar-refractivity contribution in [3.05, 3.63) is 40.1 Å². The topological polar surface area (TPSA) is 59.9 Å². The number of oxime groups is 1. The number of allylic oxidation sites excluding steroid dienone is 1. The van der Waals surface area contributed by atoms with Crippen LogP contribution in [0.2, 0.25) is 5.02 Å². The van der Waals surface area contributed by atoms with Crippen molar-refractivity contribution in [3.63, 3.8) is 0 Å². The highest BCUT2D eigenvalue weighted by Crippen LogP contribution is 2.23. The minimum Gasteiger partial charge on any atom is -0.498 e. The van der Waals surface area contributed by atoms with Gasteiger partial charge in [0.15, 0.2) is 0 Å². The van der Waals surface area contributed by atoms with Crippen molar-refractivity contribution in [3.8, 4) is 0 Å². The Bertz CT molecular complexity index is 675. The fourth-order valence-electron chi connectivity index (χ4n) is 2.18. The van der Waals surface area contributed by atoms with Crippen molar-refractivity contribution >= 4 is 29.4 Å². The highest BCUT2D eigenvalue weighted by atomic mass is 35.5. The summed E-state index contributed by atoms with van der Waals surface area (Å²) in [5.74, 6) is 0.538. The van der Waals surface area contributed by atoms with Gasteiger partial charge in [-0.25, -0.2) is 0 Å². The minimum atomic E-state index is -0.375. The van der Waals surface area contributed by atoms with Crippen LogP contribution in [-0.2, 0) is 14.4 Å². The minimum absolute atomic E-state index is 0.150. The van der Waals surface area contributed by atoms with Crippen LogP contribution >= 0.6 is 11.6 Å². The molecule has 0 spiro atoms. The monoisotopic (exact) mass is 350 g/mol. The van der Waals surface area contributed by atoms with Gasteiger partial charge in [0.05, 0.1) is 18.4 Å². The van der Waals surface area contributed by atoms with Crippen LogP contribution < -0.4 is 5.32 Å². The molecule has 0 radical (unpaired) electrons. The van der Waals surface area contributed by atoms with Crippen molar-refractivity contribution < 1.29 is 14.4 Å². The SMILES string of the molecule is CC1=C(C(=O)Nc2ccc(Cl)c(/C=N/OC(C)(C)C)c2)CCCO1. The first-order valence-corrected chi connectivity index (χ1v) is 8.29. The third-order valence-corrected chi connectivity index (χ3v) is 3.71. The van der Waals surface area contributed by atoms with Gasteiger partial charge in [0.25, 0.3) is 5.91 Å². The summed E-state index contributed by atoms with van der Waals surface area (Å²) in [4.78, 5) is 17.7. The number of hydrogen-bond donors (Lipinski definition) is 1. The number of benzene rings is 1. The van der Waals surface area contributed by atoms with E-state index in [1.54, 1.807) is 18.2 Å². The van der Waals surface area contributed by atoms with Crippen LogP contribution in [0.4, 0.5) is 5.69 Å². The Morgan fingerprint density at radius 3 is 2.83 bits per heavy atom. The molecule has 6 heteroatoms. The summed E-state index contributed by atoms with van der Waals surface area (Å²) >= 11 is 6.17. The number of rotatable bonds is 4. The van der Waals surface area contributed by atoms with Gasteiger partial charge in [-0.15, -0.1) is 0 Å². The van der Waals surface area contributed by atoms with Crippen LogP contribution in [0.5, 0.6) is 0 Å². The number of hydrogen-bond acceptors (Lipinski definition) is 4. The highest BCUT2D eigenvalue weighted by Gasteiger charge is 2.18. The summed E-state index contributed by atoms with van der Waals surface area (Å²) in [5, 5.41) is 7.36. The van der Waals surface area contributed by atoms with E-state index in [2.05, 4.69) is 10.5 Å². The molecule has 0 aliphatic carbocycles. The lowest BCUT2D eigenvalue weighted by Gasteiger charge is -2.18. The van der Waals surface area contributed by atoms with Gasteiger partial charge in [-0.3, -0.25) is 4.79 Å². The predicted molar refractivity (Wildman–Crippen MR) is 96.4 cm³/mol.